The summed E-state index contributed by atoms with van der Waals surface area (Å²) < 4.78 is 0. The second kappa shape index (κ2) is 6.16. The first kappa shape index (κ1) is 14.7. The first-order valence-corrected chi connectivity index (χ1v) is 7.46. The molecule has 4 heteroatoms. The van der Waals surface area contributed by atoms with E-state index < -0.39 is 0 Å². The van der Waals surface area contributed by atoms with Gasteiger partial charge in [-0.2, -0.15) is 0 Å². The average Bonchev–Trinajstić information content (AvgIpc) is 2.41. The smallest absolute Gasteiger partial charge is 0.224 e. The number of amides is 1. The molecule has 3 N–H and O–H groups in total. The number of nitrogens with zero attached hydrogens (tertiary/aromatic N) is 1. The van der Waals surface area contributed by atoms with E-state index in [1.807, 2.05) is 19.1 Å². The molecule has 0 spiro atoms. The molecule has 1 aliphatic heterocycles. The molecule has 0 saturated carbocycles. The van der Waals surface area contributed by atoms with Crippen LogP contribution in [0.25, 0.3) is 0 Å². The van der Waals surface area contributed by atoms with Crippen molar-refractivity contribution in [2.45, 2.75) is 40.0 Å². The third-order valence-corrected chi connectivity index (χ3v) is 3.96. The zero-order valence-electron chi connectivity index (χ0n) is 12.7. The Labute approximate surface area is 121 Å². The van der Waals surface area contributed by atoms with Gasteiger partial charge in [0.05, 0.1) is 11.4 Å². The predicted octanol–water partition coefficient (Wildman–Crippen LogP) is 3.16. The second-order valence-corrected chi connectivity index (χ2v) is 5.82. The third-order valence-electron chi connectivity index (χ3n) is 3.96. The largest absolute Gasteiger partial charge is 0.397 e. The molecular formula is C16H25N3O. The van der Waals surface area contributed by atoms with Crippen molar-refractivity contribution in [1.82, 2.24) is 0 Å². The van der Waals surface area contributed by atoms with Crippen molar-refractivity contribution in [1.29, 1.82) is 0 Å². The lowest BCUT2D eigenvalue weighted by molar-refractivity contribution is -0.115. The molecule has 1 aromatic carbocycles. The summed E-state index contributed by atoms with van der Waals surface area (Å²) in [6.07, 6.45) is 2.98. The number of benzene rings is 1. The van der Waals surface area contributed by atoms with Gasteiger partial charge in [0.2, 0.25) is 5.91 Å². The molecule has 0 bridgehead atoms. The maximum Gasteiger partial charge on any atom is 0.224 e. The van der Waals surface area contributed by atoms with E-state index in [4.69, 9.17) is 5.73 Å². The maximum absolute atomic E-state index is 11.6. The number of hydrogen-bond donors (Lipinski definition) is 2. The van der Waals surface area contributed by atoms with Crippen molar-refractivity contribution in [3.05, 3.63) is 17.7 Å². The van der Waals surface area contributed by atoms with Crippen molar-refractivity contribution in [2.75, 3.05) is 29.0 Å². The summed E-state index contributed by atoms with van der Waals surface area (Å²) in [7, 11) is 0. The van der Waals surface area contributed by atoms with Crippen LogP contribution in [-0.2, 0) is 4.79 Å². The van der Waals surface area contributed by atoms with E-state index in [-0.39, 0.29) is 5.91 Å². The van der Waals surface area contributed by atoms with Crippen molar-refractivity contribution in [2.24, 2.45) is 5.92 Å². The Bertz CT molecular complexity index is 499. The first-order valence-electron chi connectivity index (χ1n) is 7.46. The normalized spacial score (nSPS) is 18.9. The Balaban J connectivity index is 2.28. The minimum absolute atomic E-state index is 0.00137. The topological polar surface area (TPSA) is 58.4 Å². The van der Waals surface area contributed by atoms with E-state index in [0.717, 1.165) is 24.7 Å². The van der Waals surface area contributed by atoms with Crippen LogP contribution in [-0.4, -0.2) is 19.0 Å². The molecular weight excluding hydrogens is 250 g/mol. The fourth-order valence-corrected chi connectivity index (χ4v) is 2.81. The lowest BCUT2D eigenvalue weighted by atomic mass is 9.98. The van der Waals surface area contributed by atoms with Gasteiger partial charge in [-0.3, -0.25) is 4.79 Å². The van der Waals surface area contributed by atoms with E-state index in [1.165, 1.54) is 24.1 Å². The van der Waals surface area contributed by atoms with Crippen LogP contribution in [0.4, 0.5) is 17.1 Å². The molecule has 1 fully saturated rings. The Morgan fingerprint density at radius 3 is 2.90 bits per heavy atom. The van der Waals surface area contributed by atoms with Gasteiger partial charge in [0.1, 0.15) is 0 Å². The summed E-state index contributed by atoms with van der Waals surface area (Å²) in [4.78, 5) is 14.0. The molecule has 4 nitrogen and oxygen atoms in total. The van der Waals surface area contributed by atoms with Gasteiger partial charge in [-0.05, 0) is 43.4 Å². The number of nitrogen functional groups attached to an aromatic ring is 1. The summed E-state index contributed by atoms with van der Waals surface area (Å²) >= 11 is 0. The molecule has 1 aliphatic rings. The summed E-state index contributed by atoms with van der Waals surface area (Å²) in [6, 6.07) is 3.98. The first-order chi connectivity index (χ1) is 9.51. The predicted molar refractivity (Wildman–Crippen MR) is 85.1 cm³/mol. The highest BCUT2D eigenvalue weighted by Gasteiger charge is 2.19. The van der Waals surface area contributed by atoms with Gasteiger partial charge in [-0.25, -0.2) is 0 Å². The van der Waals surface area contributed by atoms with Crippen LogP contribution in [0.2, 0.25) is 0 Å². The van der Waals surface area contributed by atoms with Crippen LogP contribution >= 0.6 is 0 Å². The maximum atomic E-state index is 11.6. The Morgan fingerprint density at radius 2 is 2.25 bits per heavy atom. The Kier molecular flexibility index (Phi) is 4.53. The van der Waals surface area contributed by atoms with Crippen LogP contribution in [0, 0.1) is 12.8 Å². The third kappa shape index (κ3) is 3.24. The zero-order valence-corrected chi connectivity index (χ0v) is 12.7. The molecule has 110 valence electrons. The summed E-state index contributed by atoms with van der Waals surface area (Å²) in [5.41, 5.74) is 9.75. The van der Waals surface area contributed by atoms with Crippen LogP contribution in [0.15, 0.2) is 12.1 Å². The molecule has 0 radical (unpaired) electrons. The second-order valence-electron chi connectivity index (χ2n) is 5.82. The van der Waals surface area contributed by atoms with Gasteiger partial charge < -0.3 is 16.0 Å². The molecule has 2 rings (SSSR count). The summed E-state index contributed by atoms with van der Waals surface area (Å²) in [5, 5.41) is 2.89. The van der Waals surface area contributed by atoms with E-state index in [0.29, 0.717) is 12.1 Å². The van der Waals surface area contributed by atoms with Crippen molar-refractivity contribution in [3.63, 3.8) is 0 Å². The van der Waals surface area contributed by atoms with E-state index in [1.54, 1.807) is 0 Å². The number of carbonyl (C=O) groups excluding carboxylic acids is 1. The highest BCUT2D eigenvalue weighted by atomic mass is 16.1. The summed E-state index contributed by atoms with van der Waals surface area (Å²) in [6.45, 7) is 8.37. The number of rotatable bonds is 3. The van der Waals surface area contributed by atoms with Gasteiger partial charge in [-0.15, -0.1) is 0 Å². The number of piperidine rings is 1. The highest BCUT2D eigenvalue weighted by Crippen LogP contribution is 2.32. The Morgan fingerprint density at radius 1 is 1.50 bits per heavy atom. The number of nitrogens with two attached hydrogens (primary N) is 1. The molecule has 1 atom stereocenters. The highest BCUT2D eigenvalue weighted by molar-refractivity contribution is 5.94. The number of hydrogen-bond acceptors (Lipinski definition) is 3. The molecule has 20 heavy (non-hydrogen) atoms. The number of nitrogens with one attached hydrogen (secondary N) is 1. The quantitative estimate of drug-likeness (QED) is 0.833. The molecule has 1 amide bonds. The molecule has 1 saturated heterocycles. The number of anilines is 3. The van der Waals surface area contributed by atoms with Gasteiger partial charge >= 0.3 is 0 Å². The minimum Gasteiger partial charge on any atom is -0.397 e. The van der Waals surface area contributed by atoms with E-state index in [2.05, 4.69) is 24.1 Å². The van der Waals surface area contributed by atoms with Crippen molar-refractivity contribution >= 4 is 23.0 Å². The molecule has 0 aliphatic carbocycles. The van der Waals surface area contributed by atoms with Crippen LogP contribution in [0.3, 0.4) is 0 Å². The monoisotopic (exact) mass is 275 g/mol. The van der Waals surface area contributed by atoms with Gasteiger partial charge in [0.15, 0.2) is 0 Å². The van der Waals surface area contributed by atoms with Crippen molar-refractivity contribution < 1.29 is 4.79 Å². The van der Waals surface area contributed by atoms with Crippen LogP contribution in [0.5, 0.6) is 0 Å². The summed E-state index contributed by atoms with van der Waals surface area (Å²) in [5.74, 6) is 0.716. The lowest BCUT2D eigenvalue weighted by Gasteiger charge is -2.34. The lowest BCUT2D eigenvalue weighted by Crippen LogP contribution is -2.34. The zero-order chi connectivity index (χ0) is 14.7. The molecule has 0 aromatic heterocycles. The standard InChI is InChI=1S/C16H25N3O/c1-4-16(20)18-14-9-15(12(3)8-13(14)17)19-7-5-6-11(2)10-19/h8-9,11H,4-7,10,17H2,1-3H3,(H,18,20)/t11-/m0/s1. The van der Waals surface area contributed by atoms with Crippen LogP contribution < -0.4 is 16.0 Å². The van der Waals surface area contributed by atoms with Crippen LogP contribution in [0.1, 0.15) is 38.7 Å². The number of carbonyl (C=O) groups is 1. The molecule has 1 heterocycles. The Hall–Kier alpha value is -1.71. The van der Waals surface area contributed by atoms with E-state index in [9.17, 15) is 4.79 Å². The fourth-order valence-electron chi connectivity index (χ4n) is 2.81. The molecule has 1 aromatic rings. The number of aryl methyl sites for hydroxylation is 1. The van der Waals surface area contributed by atoms with Gasteiger partial charge in [0, 0.05) is 25.2 Å². The fraction of sp³-hybridized carbons (Fsp3) is 0.562. The van der Waals surface area contributed by atoms with Gasteiger partial charge in [-0.1, -0.05) is 13.8 Å². The SMILES string of the molecule is CCC(=O)Nc1cc(N2CCC[C@H](C)C2)c(C)cc1N. The van der Waals surface area contributed by atoms with E-state index >= 15 is 0 Å². The van der Waals surface area contributed by atoms with Gasteiger partial charge in [0.25, 0.3) is 0 Å². The average molecular weight is 275 g/mol. The minimum atomic E-state index is -0.00137. The molecule has 0 unspecified atom stereocenters. The van der Waals surface area contributed by atoms with Crippen molar-refractivity contribution in [3.8, 4) is 0 Å².